The molecule has 1 heterocycles. The summed E-state index contributed by atoms with van der Waals surface area (Å²) in [4.78, 5) is 17.1. The maximum atomic E-state index is 12.4. The van der Waals surface area contributed by atoms with Crippen molar-refractivity contribution in [1.29, 1.82) is 0 Å². The van der Waals surface area contributed by atoms with E-state index in [0.29, 0.717) is 12.8 Å². The number of aliphatic hydroxyl groups is 2. The minimum atomic E-state index is -1.28. The minimum absolute atomic E-state index is 0.0841. The number of hydrogen-bond donors (Lipinski definition) is 4. The van der Waals surface area contributed by atoms with E-state index in [1.54, 1.807) is 11.7 Å². The highest BCUT2D eigenvalue weighted by Crippen LogP contribution is 2.14. The molecule has 3 rings (SSSR count). The lowest BCUT2D eigenvalue weighted by molar-refractivity contribution is -0.0172. The fourth-order valence-electron chi connectivity index (χ4n) is 3.27. The number of ether oxygens (including phenoxy) is 1. The van der Waals surface area contributed by atoms with Gasteiger partial charge in [-0.25, -0.2) is 4.79 Å². The van der Waals surface area contributed by atoms with Crippen LogP contribution in [0.4, 0.5) is 4.79 Å². The summed E-state index contributed by atoms with van der Waals surface area (Å²) in [5.41, 5.74) is 9.69. The third-order valence-electron chi connectivity index (χ3n) is 4.95. The molecule has 0 unspecified atom stereocenters. The third-order valence-corrected chi connectivity index (χ3v) is 5.70. The number of nitrogens with zero attached hydrogens (tertiary/aromatic N) is 1. The predicted octanol–water partition coefficient (Wildman–Crippen LogP) is 2.27. The number of carbonyl (C=O) groups is 1. The summed E-state index contributed by atoms with van der Waals surface area (Å²) in [5.74, 6) is 0. The lowest BCUT2D eigenvalue weighted by Gasteiger charge is -2.30. The van der Waals surface area contributed by atoms with E-state index in [9.17, 15) is 15.0 Å². The van der Waals surface area contributed by atoms with E-state index in [1.165, 1.54) is 11.3 Å². The van der Waals surface area contributed by atoms with Crippen LogP contribution in [0, 0.1) is 0 Å². The second-order valence-electron chi connectivity index (χ2n) is 7.32. The number of benzene rings is 2. The van der Waals surface area contributed by atoms with Gasteiger partial charge in [0.05, 0.1) is 22.5 Å². The third kappa shape index (κ3) is 7.15. The molecule has 0 bridgehead atoms. The van der Waals surface area contributed by atoms with Gasteiger partial charge in [0.2, 0.25) is 0 Å². The molecule has 5 N–H and O–H groups in total. The first-order chi connectivity index (χ1) is 15.0. The van der Waals surface area contributed by atoms with E-state index in [1.807, 2.05) is 60.7 Å². The zero-order chi connectivity index (χ0) is 22.1. The maximum absolute atomic E-state index is 12.4. The van der Waals surface area contributed by atoms with Gasteiger partial charge >= 0.3 is 6.09 Å². The van der Waals surface area contributed by atoms with Crippen LogP contribution in [0.1, 0.15) is 16.0 Å². The maximum Gasteiger partial charge on any atom is 0.407 e. The van der Waals surface area contributed by atoms with Crippen molar-refractivity contribution in [2.75, 3.05) is 0 Å². The van der Waals surface area contributed by atoms with Crippen molar-refractivity contribution in [2.45, 2.75) is 43.7 Å². The van der Waals surface area contributed by atoms with Crippen LogP contribution in [0.25, 0.3) is 0 Å². The molecule has 0 fully saturated rings. The van der Waals surface area contributed by atoms with E-state index in [0.717, 1.165) is 16.0 Å². The quantitative estimate of drug-likeness (QED) is 0.383. The summed E-state index contributed by atoms with van der Waals surface area (Å²) in [7, 11) is 0. The van der Waals surface area contributed by atoms with Crippen LogP contribution in [0.15, 0.2) is 72.4 Å². The number of aromatic nitrogens is 1. The summed E-state index contributed by atoms with van der Waals surface area (Å²) in [6, 6.07) is 17.4. The molecule has 8 heteroatoms. The largest absolute Gasteiger partial charge is 0.444 e. The Morgan fingerprint density at radius 3 is 2.19 bits per heavy atom. The molecular formula is C23H27N3O4S. The smallest absolute Gasteiger partial charge is 0.407 e. The highest BCUT2D eigenvalue weighted by Gasteiger charge is 2.32. The zero-order valence-corrected chi connectivity index (χ0v) is 17.8. The van der Waals surface area contributed by atoms with Gasteiger partial charge in [-0.2, -0.15) is 0 Å². The number of alkyl carbamates (subject to hydrolysis) is 1. The SMILES string of the molecule is N[C@@H](Cc1ccccc1)[C@H](O)[C@H](O)[C@H](Cc1ccccc1)NC(=O)OCc1cncs1. The van der Waals surface area contributed by atoms with E-state index in [-0.39, 0.29) is 6.61 Å². The fourth-order valence-corrected chi connectivity index (χ4v) is 3.77. The fraction of sp³-hybridized carbons (Fsp3) is 0.304. The Morgan fingerprint density at radius 1 is 1.00 bits per heavy atom. The molecule has 0 aliphatic carbocycles. The molecule has 3 aromatic rings. The van der Waals surface area contributed by atoms with Gasteiger partial charge in [0.15, 0.2) is 0 Å². The lowest BCUT2D eigenvalue weighted by Crippen LogP contribution is -2.55. The zero-order valence-electron chi connectivity index (χ0n) is 17.0. The lowest BCUT2D eigenvalue weighted by atomic mass is 9.92. The van der Waals surface area contributed by atoms with Gasteiger partial charge in [-0.1, -0.05) is 60.7 Å². The Balaban J connectivity index is 1.65. The van der Waals surface area contributed by atoms with Crippen LogP contribution in [-0.4, -0.2) is 45.6 Å². The number of hydrogen-bond acceptors (Lipinski definition) is 7. The van der Waals surface area contributed by atoms with Gasteiger partial charge < -0.3 is 26.0 Å². The summed E-state index contributed by atoms with van der Waals surface area (Å²) < 4.78 is 5.24. The number of rotatable bonds is 10. The van der Waals surface area contributed by atoms with E-state index < -0.39 is 30.4 Å². The van der Waals surface area contributed by atoms with Crippen LogP contribution in [0.3, 0.4) is 0 Å². The summed E-state index contributed by atoms with van der Waals surface area (Å²) >= 11 is 1.38. The average molecular weight is 442 g/mol. The number of nitrogens with one attached hydrogen (secondary N) is 1. The summed E-state index contributed by atoms with van der Waals surface area (Å²) in [6.07, 6.45) is -0.872. The second kappa shape index (κ2) is 11.6. The Morgan fingerprint density at radius 2 is 1.61 bits per heavy atom. The first kappa shape index (κ1) is 22.9. The molecule has 31 heavy (non-hydrogen) atoms. The van der Waals surface area contributed by atoms with Crippen molar-refractivity contribution in [1.82, 2.24) is 10.3 Å². The molecule has 0 aliphatic heterocycles. The van der Waals surface area contributed by atoms with E-state index in [4.69, 9.17) is 10.5 Å². The van der Waals surface area contributed by atoms with Gasteiger partial charge in [0, 0.05) is 12.2 Å². The van der Waals surface area contributed by atoms with Crippen molar-refractivity contribution in [3.8, 4) is 0 Å². The molecule has 2 aromatic carbocycles. The number of amides is 1. The standard InChI is InChI=1S/C23H27N3O4S/c24-19(11-16-7-3-1-4-8-16)21(27)22(28)20(12-17-9-5-2-6-10-17)26-23(29)30-14-18-13-25-15-31-18/h1-10,13,15,19-22,27-28H,11-12,14,24H2,(H,26,29)/t19-,20-,21-,22+/m0/s1. The molecule has 0 radical (unpaired) electrons. The number of aliphatic hydroxyl groups excluding tert-OH is 2. The number of nitrogens with two attached hydrogens (primary N) is 1. The Kier molecular flexibility index (Phi) is 8.54. The summed E-state index contributed by atoms with van der Waals surface area (Å²) in [5, 5.41) is 24.3. The van der Waals surface area contributed by atoms with Crippen LogP contribution in [0.5, 0.6) is 0 Å². The second-order valence-corrected chi connectivity index (χ2v) is 8.29. The van der Waals surface area contributed by atoms with Gasteiger partial charge in [0.1, 0.15) is 12.7 Å². The van der Waals surface area contributed by atoms with Crippen LogP contribution in [0.2, 0.25) is 0 Å². The van der Waals surface area contributed by atoms with Crippen molar-refractivity contribution in [3.05, 3.63) is 88.4 Å². The number of carbonyl (C=O) groups excluding carboxylic acids is 1. The molecule has 1 amide bonds. The van der Waals surface area contributed by atoms with Crippen molar-refractivity contribution in [2.24, 2.45) is 5.73 Å². The normalized spacial score (nSPS) is 14.9. The molecular weight excluding hydrogens is 414 g/mol. The van der Waals surface area contributed by atoms with E-state index in [2.05, 4.69) is 10.3 Å². The van der Waals surface area contributed by atoms with Crippen LogP contribution in [-0.2, 0) is 24.2 Å². The first-order valence-electron chi connectivity index (χ1n) is 10.0. The van der Waals surface area contributed by atoms with Gasteiger partial charge in [-0.05, 0) is 24.0 Å². The Labute approximate surface area is 185 Å². The predicted molar refractivity (Wildman–Crippen MR) is 120 cm³/mol. The molecule has 0 saturated carbocycles. The van der Waals surface area contributed by atoms with Crippen molar-refractivity contribution < 1.29 is 19.7 Å². The molecule has 0 aliphatic rings. The van der Waals surface area contributed by atoms with Crippen molar-refractivity contribution in [3.63, 3.8) is 0 Å². The topological polar surface area (TPSA) is 118 Å². The van der Waals surface area contributed by atoms with Crippen LogP contribution >= 0.6 is 11.3 Å². The van der Waals surface area contributed by atoms with Gasteiger partial charge in [0.25, 0.3) is 0 Å². The molecule has 0 spiro atoms. The average Bonchev–Trinajstić information content (AvgIpc) is 3.31. The molecule has 0 saturated heterocycles. The van der Waals surface area contributed by atoms with Crippen molar-refractivity contribution >= 4 is 17.4 Å². The monoisotopic (exact) mass is 441 g/mol. The number of thiazole rings is 1. The Hall–Kier alpha value is -2.78. The Bertz CT molecular complexity index is 909. The summed E-state index contributed by atoms with van der Waals surface area (Å²) in [6.45, 7) is 0.0841. The highest BCUT2D eigenvalue weighted by atomic mass is 32.1. The molecule has 1 aromatic heterocycles. The van der Waals surface area contributed by atoms with E-state index >= 15 is 0 Å². The molecule has 7 nitrogen and oxygen atoms in total. The molecule has 164 valence electrons. The first-order valence-corrected chi connectivity index (χ1v) is 10.9. The van der Waals surface area contributed by atoms with Gasteiger partial charge in [-0.15, -0.1) is 11.3 Å². The van der Waals surface area contributed by atoms with Gasteiger partial charge in [-0.3, -0.25) is 4.98 Å². The minimum Gasteiger partial charge on any atom is -0.444 e. The van der Waals surface area contributed by atoms with Crippen LogP contribution < -0.4 is 11.1 Å². The highest BCUT2D eigenvalue weighted by molar-refractivity contribution is 7.09. The molecule has 4 atom stereocenters.